The van der Waals surface area contributed by atoms with Gasteiger partial charge in [-0.25, -0.2) is 0 Å². The minimum absolute atomic E-state index is 0.324. The standard InChI is InChI=1S/C49H33N/c1-3-14-34(15-4-1)35-26-29-39(30-27-35)50(38-17-5-2-6-18-38)40-19-13-16-36(32-40)37-28-31-48-44(33-37)43-22-9-12-25-47(43)49(48)45-23-10-7-20-41(45)42-21-8-11-24-46(42)49/h1-33H. The lowest BCUT2D eigenvalue weighted by molar-refractivity contribution is 0.794. The van der Waals surface area contributed by atoms with Crippen molar-refractivity contribution in [1.29, 1.82) is 0 Å². The van der Waals surface area contributed by atoms with Gasteiger partial charge in [-0.05, 0) is 109 Å². The van der Waals surface area contributed by atoms with Crippen molar-refractivity contribution in [1.82, 2.24) is 0 Å². The third kappa shape index (κ3) is 4.20. The van der Waals surface area contributed by atoms with E-state index >= 15 is 0 Å². The molecule has 0 saturated carbocycles. The van der Waals surface area contributed by atoms with E-state index in [4.69, 9.17) is 0 Å². The molecule has 1 nitrogen and oxygen atoms in total. The highest BCUT2D eigenvalue weighted by atomic mass is 15.1. The molecule has 0 radical (unpaired) electrons. The lowest BCUT2D eigenvalue weighted by Crippen LogP contribution is -2.25. The summed E-state index contributed by atoms with van der Waals surface area (Å²) in [6.45, 7) is 0. The number of rotatable bonds is 5. The van der Waals surface area contributed by atoms with E-state index in [-0.39, 0.29) is 5.41 Å². The number of benzene rings is 8. The molecule has 0 heterocycles. The fourth-order valence-corrected chi connectivity index (χ4v) is 8.56. The molecule has 10 rings (SSSR count). The number of hydrogen-bond acceptors (Lipinski definition) is 1. The van der Waals surface area contributed by atoms with E-state index in [1.54, 1.807) is 0 Å². The van der Waals surface area contributed by atoms with E-state index in [0.717, 1.165) is 17.1 Å². The van der Waals surface area contributed by atoms with Crippen LogP contribution in [0.3, 0.4) is 0 Å². The number of para-hydroxylation sites is 1. The minimum Gasteiger partial charge on any atom is -0.310 e. The molecule has 2 aliphatic rings. The van der Waals surface area contributed by atoms with Crippen molar-refractivity contribution in [3.05, 3.63) is 222 Å². The predicted molar refractivity (Wildman–Crippen MR) is 208 cm³/mol. The Kier molecular flexibility index (Phi) is 6.47. The fourth-order valence-electron chi connectivity index (χ4n) is 8.56. The lowest BCUT2D eigenvalue weighted by atomic mass is 9.70. The Labute approximate surface area is 293 Å². The molecular weight excluding hydrogens is 603 g/mol. The normalized spacial score (nSPS) is 13.0. The number of hydrogen-bond donors (Lipinski definition) is 0. The van der Waals surface area contributed by atoms with Gasteiger partial charge in [0.2, 0.25) is 0 Å². The summed E-state index contributed by atoms with van der Waals surface area (Å²) >= 11 is 0. The van der Waals surface area contributed by atoms with E-state index in [1.165, 1.54) is 66.8 Å². The largest absolute Gasteiger partial charge is 0.310 e. The average Bonchev–Trinajstić information content (AvgIpc) is 3.66. The van der Waals surface area contributed by atoms with Crippen molar-refractivity contribution in [2.24, 2.45) is 0 Å². The maximum Gasteiger partial charge on any atom is 0.0725 e. The first kappa shape index (κ1) is 28.6. The van der Waals surface area contributed by atoms with Gasteiger partial charge in [-0.2, -0.15) is 0 Å². The summed E-state index contributed by atoms with van der Waals surface area (Å²) in [6, 6.07) is 73.2. The quantitative estimate of drug-likeness (QED) is 0.182. The molecule has 0 fully saturated rings. The molecule has 0 bridgehead atoms. The molecule has 0 atom stereocenters. The van der Waals surface area contributed by atoms with E-state index in [0.29, 0.717) is 0 Å². The SMILES string of the molecule is c1ccc(-c2ccc(N(c3ccccc3)c3cccc(-c4ccc5c(c4)-c4ccccc4C54c5ccccc5-c5ccccc54)c3)cc2)cc1. The minimum atomic E-state index is -0.324. The molecule has 8 aromatic rings. The summed E-state index contributed by atoms with van der Waals surface area (Å²) in [7, 11) is 0. The third-order valence-electron chi connectivity index (χ3n) is 10.7. The van der Waals surface area contributed by atoms with Gasteiger partial charge >= 0.3 is 0 Å². The summed E-state index contributed by atoms with van der Waals surface area (Å²) < 4.78 is 0. The van der Waals surface area contributed by atoms with Crippen LogP contribution in [0, 0.1) is 0 Å². The predicted octanol–water partition coefficient (Wildman–Crippen LogP) is 12.8. The maximum absolute atomic E-state index is 2.42. The second-order valence-electron chi connectivity index (χ2n) is 13.3. The Morgan fingerprint density at radius 2 is 0.680 bits per heavy atom. The average molecular weight is 636 g/mol. The van der Waals surface area contributed by atoms with Gasteiger partial charge in [-0.1, -0.05) is 158 Å². The van der Waals surface area contributed by atoms with Crippen molar-refractivity contribution >= 4 is 17.1 Å². The zero-order chi connectivity index (χ0) is 33.1. The van der Waals surface area contributed by atoms with Crippen molar-refractivity contribution in [3.63, 3.8) is 0 Å². The molecule has 0 N–H and O–H groups in total. The van der Waals surface area contributed by atoms with Gasteiger partial charge in [0, 0.05) is 17.1 Å². The van der Waals surface area contributed by atoms with Crippen LogP contribution in [0.2, 0.25) is 0 Å². The summed E-state index contributed by atoms with van der Waals surface area (Å²) in [5.41, 5.74) is 18.7. The summed E-state index contributed by atoms with van der Waals surface area (Å²) in [5.74, 6) is 0. The summed E-state index contributed by atoms with van der Waals surface area (Å²) in [4.78, 5) is 2.35. The maximum atomic E-state index is 2.42. The van der Waals surface area contributed by atoms with E-state index in [1.807, 2.05) is 0 Å². The fraction of sp³-hybridized carbons (Fsp3) is 0.0204. The zero-order valence-corrected chi connectivity index (χ0v) is 27.5. The molecule has 0 aliphatic heterocycles. The second-order valence-corrected chi connectivity index (χ2v) is 13.3. The highest BCUT2D eigenvalue weighted by molar-refractivity contribution is 5.96. The van der Waals surface area contributed by atoms with Crippen molar-refractivity contribution in [3.8, 4) is 44.5 Å². The van der Waals surface area contributed by atoms with Gasteiger partial charge in [0.25, 0.3) is 0 Å². The molecule has 50 heavy (non-hydrogen) atoms. The van der Waals surface area contributed by atoms with Gasteiger partial charge in [-0.3, -0.25) is 0 Å². The Balaban J connectivity index is 1.10. The van der Waals surface area contributed by atoms with Crippen molar-refractivity contribution in [2.45, 2.75) is 5.41 Å². The van der Waals surface area contributed by atoms with Crippen LogP contribution < -0.4 is 4.90 Å². The highest BCUT2D eigenvalue weighted by Crippen LogP contribution is 2.63. The molecule has 0 unspecified atom stereocenters. The lowest BCUT2D eigenvalue weighted by Gasteiger charge is -2.30. The van der Waals surface area contributed by atoms with Gasteiger partial charge in [0.15, 0.2) is 0 Å². The van der Waals surface area contributed by atoms with Gasteiger partial charge in [0.05, 0.1) is 5.41 Å². The van der Waals surface area contributed by atoms with Crippen LogP contribution in [0.5, 0.6) is 0 Å². The summed E-state index contributed by atoms with van der Waals surface area (Å²) in [6.07, 6.45) is 0. The first-order valence-electron chi connectivity index (χ1n) is 17.4. The molecule has 8 aromatic carbocycles. The zero-order valence-electron chi connectivity index (χ0n) is 27.5. The Bertz CT molecular complexity index is 2480. The smallest absolute Gasteiger partial charge is 0.0725 e. The monoisotopic (exact) mass is 635 g/mol. The Morgan fingerprint density at radius 1 is 0.260 bits per heavy atom. The molecular formula is C49H33N. The first-order valence-corrected chi connectivity index (χ1v) is 17.4. The third-order valence-corrected chi connectivity index (χ3v) is 10.7. The topological polar surface area (TPSA) is 3.24 Å². The Morgan fingerprint density at radius 3 is 1.32 bits per heavy atom. The van der Waals surface area contributed by atoms with Gasteiger partial charge < -0.3 is 4.90 Å². The number of fused-ring (bicyclic) bond motifs is 10. The molecule has 2 aliphatic carbocycles. The Hall–Kier alpha value is -6.44. The van der Waals surface area contributed by atoms with Crippen LogP contribution in [-0.2, 0) is 5.41 Å². The summed E-state index contributed by atoms with van der Waals surface area (Å²) in [5, 5.41) is 0. The second kappa shape index (κ2) is 11.3. The molecule has 0 aromatic heterocycles. The van der Waals surface area contributed by atoms with Crippen molar-refractivity contribution in [2.75, 3.05) is 4.90 Å². The van der Waals surface area contributed by atoms with Gasteiger partial charge in [0.1, 0.15) is 0 Å². The molecule has 1 heteroatoms. The van der Waals surface area contributed by atoms with Crippen LogP contribution in [0.25, 0.3) is 44.5 Å². The van der Waals surface area contributed by atoms with Crippen molar-refractivity contribution < 1.29 is 0 Å². The van der Waals surface area contributed by atoms with E-state index in [9.17, 15) is 0 Å². The first-order chi connectivity index (χ1) is 24.8. The number of anilines is 3. The van der Waals surface area contributed by atoms with E-state index < -0.39 is 0 Å². The molecule has 0 amide bonds. The van der Waals surface area contributed by atoms with Crippen LogP contribution in [-0.4, -0.2) is 0 Å². The van der Waals surface area contributed by atoms with Gasteiger partial charge in [-0.15, -0.1) is 0 Å². The van der Waals surface area contributed by atoms with Crippen LogP contribution in [0.1, 0.15) is 22.3 Å². The van der Waals surface area contributed by atoms with Crippen LogP contribution in [0.15, 0.2) is 200 Å². The van der Waals surface area contributed by atoms with E-state index in [2.05, 4.69) is 205 Å². The highest BCUT2D eigenvalue weighted by Gasteiger charge is 2.51. The van der Waals surface area contributed by atoms with Crippen LogP contribution in [0.4, 0.5) is 17.1 Å². The number of nitrogens with zero attached hydrogens (tertiary/aromatic N) is 1. The molecule has 234 valence electrons. The molecule has 0 saturated heterocycles. The molecule has 1 spiro atoms. The van der Waals surface area contributed by atoms with Crippen LogP contribution >= 0.6 is 0 Å².